The zero-order chi connectivity index (χ0) is 13.8. The maximum Gasteiger partial charge on any atom is 0.223 e. The minimum Gasteiger partial charge on any atom is -0.391 e. The highest BCUT2D eigenvalue weighted by Crippen LogP contribution is 2.42. The van der Waals surface area contributed by atoms with Gasteiger partial charge in [0, 0.05) is 12.5 Å². The Labute approximate surface area is 117 Å². The molecular weight excluding hydrogens is 238 g/mol. The van der Waals surface area contributed by atoms with Crippen molar-refractivity contribution < 1.29 is 9.90 Å². The first kappa shape index (κ1) is 14.8. The average Bonchev–Trinajstić information content (AvgIpc) is 2.43. The Morgan fingerprint density at radius 3 is 2.53 bits per heavy atom. The maximum absolute atomic E-state index is 12.2. The van der Waals surface area contributed by atoms with Crippen LogP contribution in [-0.2, 0) is 4.79 Å². The van der Waals surface area contributed by atoms with Crippen LogP contribution in [0.15, 0.2) is 0 Å². The fourth-order valence-electron chi connectivity index (χ4n) is 3.70. The van der Waals surface area contributed by atoms with Crippen molar-refractivity contribution >= 4 is 5.91 Å². The van der Waals surface area contributed by atoms with Gasteiger partial charge in [-0.3, -0.25) is 4.79 Å². The molecular formula is C16H29NO2. The largest absolute Gasteiger partial charge is 0.391 e. The number of amides is 1. The molecule has 0 aromatic carbocycles. The number of aliphatic hydroxyl groups is 1. The molecule has 2 N–H and O–H groups in total. The van der Waals surface area contributed by atoms with Crippen molar-refractivity contribution in [3.63, 3.8) is 0 Å². The molecule has 2 fully saturated rings. The predicted molar refractivity (Wildman–Crippen MR) is 76.6 cm³/mol. The van der Waals surface area contributed by atoms with E-state index in [4.69, 9.17) is 0 Å². The third-order valence-electron chi connectivity index (χ3n) is 5.17. The number of hydrogen-bond acceptors (Lipinski definition) is 2. The molecule has 19 heavy (non-hydrogen) atoms. The maximum atomic E-state index is 12.2. The van der Waals surface area contributed by atoms with Gasteiger partial charge in [0.05, 0.1) is 6.10 Å². The SMILES string of the molecule is CC(C)C(O)CNC(=O)C1CCC2CCCCC2C1. The monoisotopic (exact) mass is 267 g/mol. The molecule has 0 aromatic rings. The van der Waals surface area contributed by atoms with E-state index in [1.807, 2.05) is 13.8 Å². The van der Waals surface area contributed by atoms with Crippen LogP contribution in [0, 0.1) is 23.7 Å². The molecule has 3 nitrogen and oxygen atoms in total. The van der Waals surface area contributed by atoms with Gasteiger partial charge in [-0.1, -0.05) is 39.5 Å². The molecule has 2 rings (SSSR count). The Hall–Kier alpha value is -0.570. The van der Waals surface area contributed by atoms with Gasteiger partial charge in [-0.05, 0) is 37.0 Å². The number of fused-ring (bicyclic) bond motifs is 1. The summed E-state index contributed by atoms with van der Waals surface area (Å²) in [5.41, 5.74) is 0. The number of carbonyl (C=O) groups excluding carboxylic acids is 1. The van der Waals surface area contributed by atoms with Gasteiger partial charge in [0.25, 0.3) is 0 Å². The molecule has 0 aromatic heterocycles. The molecule has 4 atom stereocenters. The quantitative estimate of drug-likeness (QED) is 0.823. The predicted octanol–water partition coefficient (Wildman–Crippen LogP) is 2.73. The van der Waals surface area contributed by atoms with Gasteiger partial charge in [0.15, 0.2) is 0 Å². The van der Waals surface area contributed by atoms with E-state index in [1.54, 1.807) is 0 Å². The molecule has 2 aliphatic carbocycles. The number of nitrogens with one attached hydrogen (secondary N) is 1. The third-order valence-corrected chi connectivity index (χ3v) is 5.17. The second-order valence-corrected chi connectivity index (χ2v) is 6.87. The van der Waals surface area contributed by atoms with Gasteiger partial charge in [-0.25, -0.2) is 0 Å². The van der Waals surface area contributed by atoms with Gasteiger partial charge in [0.1, 0.15) is 0 Å². The highest BCUT2D eigenvalue weighted by molar-refractivity contribution is 5.78. The van der Waals surface area contributed by atoms with Crippen LogP contribution in [0.2, 0.25) is 0 Å². The van der Waals surface area contributed by atoms with Crippen molar-refractivity contribution in [2.24, 2.45) is 23.7 Å². The second-order valence-electron chi connectivity index (χ2n) is 6.87. The van der Waals surface area contributed by atoms with Crippen molar-refractivity contribution in [1.29, 1.82) is 0 Å². The zero-order valence-electron chi connectivity index (χ0n) is 12.4. The molecule has 0 aliphatic heterocycles. The second kappa shape index (κ2) is 6.74. The standard InChI is InChI=1S/C16H29NO2/c1-11(2)15(18)10-17-16(19)14-8-7-12-5-3-4-6-13(12)9-14/h11-15,18H,3-10H2,1-2H3,(H,17,19). The molecule has 1 amide bonds. The van der Waals surface area contributed by atoms with E-state index in [0.29, 0.717) is 6.54 Å². The Balaban J connectivity index is 1.77. The lowest BCUT2D eigenvalue weighted by Gasteiger charge is -2.38. The summed E-state index contributed by atoms with van der Waals surface area (Å²) in [4.78, 5) is 12.2. The van der Waals surface area contributed by atoms with E-state index in [1.165, 1.54) is 32.1 Å². The van der Waals surface area contributed by atoms with Crippen molar-refractivity contribution in [1.82, 2.24) is 5.32 Å². The van der Waals surface area contributed by atoms with Crippen LogP contribution in [0.4, 0.5) is 0 Å². The third kappa shape index (κ3) is 3.95. The minimum absolute atomic E-state index is 0.170. The summed E-state index contributed by atoms with van der Waals surface area (Å²) in [6, 6.07) is 0. The molecule has 3 heteroatoms. The van der Waals surface area contributed by atoms with Crippen LogP contribution >= 0.6 is 0 Å². The first-order valence-electron chi connectivity index (χ1n) is 8.03. The average molecular weight is 267 g/mol. The molecule has 0 saturated heterocycles. The van der Waals surface area contributed by atoms with Crippen LogP contribution in [0.25, 0.3) is 0 Å². The first-order valence-corrected chi connectivity index (χ1v) is 8.03. The summed E-state index contributed by atoms with van der Waals surface area (Å²) >= 11 is 0. The first-order chi connectivity index (χ1) is 9.08. The number of aliphatic hydroxyl groups excluding tert-OH is 1. The number of rotatable bonds is 4. The van der Waals surface area contributed by atoms with Crippen LogP contribution in [-0.4, -0.2) is 23.7 Å². The summed E-state index contributed by atoms with van der Waals surface area (Å²) < 4.78 is 0. The van der Waals surface area contributed by atoms with Crippen molar-refractivity contribution in [3.05, 3.63) is 0 Å². The van der Waals surface area contributed by atoms with Crippen molar-refractivity contribution in [2.75, 3.05) is 6.54 Å². The van der Waals surface area contributed by atoms with E-state index in [2.05, 4.69) is 5.32 Å². The van der Waals surface area contributed by atoms with E-state index >= 15 is 0 Å². The van der Waals surface area contributed by atoms with Crippen LogP contribution < -0.4 is 5.32 Å². The molecule has 4 unspecified atom stereocenters. The van der Waals surface area contributed by atoms with E-state index in [0.717, 1.165) is 24.7 Å². The van der Waals surface area contributed by atoms with Crippen molar-refractivity contribution in [3.8, 4) is 0 Å². The fraction of sp³-hybridized carbons (Fsp3) is 0.938. The molecule has 110 valence electrons. The molecule has 2 aliphatic rings. The van der Waals surface area contributed by atoms with Crippen LogP contribution in [0.5, 0.6) is 0 Å². The smallest absolute Gasteiger partial charge is 0.223 e. The minimum atomic E-state index is -0.421. The summed E-state index contributed by atoms with van der Waals surface area (Å²) in [5.74, 6) is 2.24. The molecule has 0 bridgehead atoms. The van der Waals surface area contributed by atoms with E-state index < -0.39 is 6.10 Å². The number of hydrogen-bond donors (Lipinski definition) is 2. The Bertz CT molecular complexity index is 303. The Morgan fingerprint density at radius 1 is 1.16 bits per heavy atom. The fourth-order valence-corrected chi connectivity index (χ4v) is 3.70. The highest BCUT2D eigenvalue weighted by Gasteiger charge is 2.34. The lowest BCUT2D eigenvalue weighted by Crippen LogP contribution is -2.41. The Morgan fingerprint density at radius 2 is 1.84 bits per heavy atom. The summed E-state index contributed by atoms with van der Waals surface area (Å²) in [5, 5.41) is 12.7. The summed E-state index contributed by atoms with van der Waals surface area (Å²) in [6.07, 6.45) is 8.37. The lowest BCUT2D eigenvalue weighted by molar-refractivity contribution is -0.127. The molecule has 0 heterocycles. The van der Waals surface area contributed by atoms with Gasteiger partial charge in [0.2, 0.25) is 5.91 Å². The van der Waals surface area contributed by atoms with Crippen LogP contribution in [0.3, 0.4) is 0 Å². The molecule has 0 spiro atoms. The van der Waals surface area contributed by atoms with Gasteiger partial charge < -0.3 is 10.4 Å². The normalized spacial score (nSPS) is 32.7. The van der Waals surface area contributed by atoms with Crippen molar-refractivity contribution in [2.45, 2.75) is 64.9 Å². The van der Waals surface area contributed by atoms with E-state index in [-0.39, 0.29) is 17.7 Å². The molecule has 0 radical (unpaired) electrons. The van der Waals surface area contributed by atoms with Gasteiger partial charge >= 0.3 is 0 Å². The zero-order valence-corrected chi connectivity index (χ0v) is 12.4. The van der Waals surface area contributed by atoms with Crippen LogP contribution in [0.1, 0.15) is 58.8 Å². The van der Waals surface area contributed by atoms with Gasteiger partial charge in [-0.2, -0.15) is 0 Å². The number of carbonyl (C=O) groups is 1. The van der Waals surface area contributed by atoms with E-state index in [9.17, 15) is 9.90 Å². The lowest BCUT2D eigenvalue weighted by atomic mass is 9.67. The highest BCUT2D eigenvalue weighted by atomic mass is 16.3. The summed E-state index contributed by atoms with van der Waals surface area (Å²) in [7, 11) is 0. The topological polar surface area (TPSA) is 49.3 Å². The molecule has 2 saturated carbocycles. The summed E-state index contributed by atoms with van der Waals surface area (Å²) in [6.45, 7) is 4.36. The van der Waals surface area contributed by atoms with Gasteiger partial charge in [-0.15, -0.1) is 0 Å². The Kier molecular flexibility index (Phi) is 5.26.